The minimum absolute atomic E-state index is 0.755. The summed E-state index contributed by atoms with van der Waals surface area (Å²) in [7, 11) is 1.98. The summed E-state index contributed by atoms with van der Waals surface area (Å²) < 4.78 is 0. The van der Waals surface area contributed by atoms with Crippen molar-refractivity contribution in [2.75, 3.05) is 7.05 Å². The molecule has 0 radical (unpaired) electrons. The molecule has 0 saturated heterocycles. The molecule has 0 saturated carbocycles. The van der Waals surface area contributed by atoms with Crippen LogP contribution in [0.4, 0.5) is 0 Å². The lowest BCUT2D eigenvalue weighted by molar-refractivity contribution is 0.566. The summed E-state index contributed by atoms with van der Waals surface area (Å²) in [5, 5.41) is 0.755. The van der Waals surface area contributed by atoms with Gasteiger partial charge in [0.15, 0.2) is 0 Å². The van der Waals surface area contributed by atoms with Gasteiger partial charge in [0.05, 0.1) is 0 Å². The fraction of sp³-hybridized carbons (Fsp3) is 0.167. The second-order valence-electron chi connectivity index (χ2n) is 3.55. The second kappa shape index (κ2) is 3.18. The number of benzene rings is 1. The van der Waals surface area contributed by atoms with E-state index < -0.39 is 0 Å². The van der Waals surface area contributed by atoms with Gasteiger partial charge in [0.2, 0.25) is 0 Å². The van der Waals surface area contributed by atoms with E-state index in [1.54, 1.807) is 0 Å². The maximum atomic E-state index is 5.94. The number of nitrogens with zero attached hydrogens (tertiary/aromatic N) is 1. The van der Waals surface area contributed by atoms with E-state index >= 15 is 0 Å². The molecule has 14 heavy (non-hydrogen) atoms. The minimum atomic E-state index is 0.755. The van der Waals surface area contributed by atoms with Crippen LogP contribution in [0.5, 0.6) is 0 Å². The highest BCUT2D eigenvalue weighted by molar-refractivity contribution is 6.30. The van der Waals surface area contributed by atoms with Crippen molar-refractivity contribution < 1.29 is 0 Å². The Morgan fingerprint density at radius 1 is 1.36 bits per heavy atom. The Labute approximate surface area is 89.3 Å². The van der Waals surface area contributed by atoms with Gasteiger partial charge in [0.25, 0.3) is 0 Å². The van der Waals surface area contributed by atoms with E-state index in [4.69, 9.17) is 11.6 Å². The van der Waals surface area contributed by atoms with Crippen LogP contribution in [0.25, 0.3) is 5.70 Å². The van der Waals surface area contributed by atoms with Crippen LogP contribution in [-0.4, -0.2) is 11.9 Å². The summed E-state index contributed by atoms with van der Waals surface area (Å²) in [6.07, 6.45) is 0.877. The molecule has 2 rings (SSSR count). The van der Waals surface area contributed by atoms with Crippen LogP contribution in [-0.2, 0) is 6.42 Å². The van der Waals surface area contributed by atoms with Crippen molar-refractivity contribution in [3.8, 4) is 0 Å². The van der Waals surface area contributed by atoms with Crippen LogP contribution in [0.2, 0.25) is 5.02 Å². The standard InChI is InChI=1S/C12H12ClN/c1-8-6-10-4-5-11(13)7-12(10)9(2)14(8)3/h4-5,7H,1-2,6H2,3H3. The van der Waals surface area contributed by atoms with E-state index in [2.05, 4.69) is 13.2 Å². The lowest BCUT2D eigenvalue weighted by atomic mass is 9.96. The molecule has 1 heterocycles. The Morgan fingerprint density at radius 3 is 2.79 bits per heavy atom. The maximum absolute atomic E-state index is 5.94. The first-order chi connectivity index (χ1) is 6.59. The van der Waals surface area contributed by atoms with Crippen molar-refractivity contribution in [3.05, 3.63) is 53.2 Å². The summed E-state index contributed by atoms with van der Waals surface area (Å²) >= 11 is 5.94. The van der Waals surface area contributed by atoms with E-state index in [0.29, 0.717) is 0 Å². The molecule has 0 bridgehead atoms. The van der Waals surface area contributed by atoms with E-state index in [9.17, 15) is 0 Å². The lowest BCUT2D eigenvalue weighted by Crippen LogP contribution is -2.22. The van der Waals surface area contributed by atoms with Crippen LogP contribution < -0.4 is 0 Å². The molecule has 0 unspecified atom stereocenters. The van der Waals surface area contributed by atoms with Gasteiger partial charge in [0.1, 0.15) is 0 Å². The summed E-state index contributed by atoms with van der Waals surface area (Å²) in [5.41, 5.74) is 4.43. The molecule has 1 aromatic rings. The SMILES string of the molecule is C=C1Cc2ccc(Cl)cc2C(=C)N1C. The molecule has 72 valence electrons. The molecule has 1 aromatic carbocycles. The molecule has 0 aliphatic carbocycles. The largest absolute Gasteiger partial charge is 0.348 e. The molecule has 0 aromatic heterocycles. The summed E-state index contributed by atoms with van der Waals surface area (Å²) in [6.45, 7) is 8.03. The highest BCUT2D eigenvalue weighted by Gasteiger charge is 2.19. The van der Waals surface area contributed by atoms with Crippen molar-refractivity contribution in [2.24, 2.45) is 0 Å². The van der Waals surface area contributed by atoms with E-state index in [1.807, 2.05) is 30.1 Å². The van der Waals surface area contributed by atoms with Gasteiger partial charge in [-0.25, -0.2) is 0 Å². The van der Waals surface area contributed by atoms with Gasteiger partial charge in [-0.3, -0.25) is 0 Å². The number of allylic oxidation sites excluding steroid dienone is 1. The van der Waals surface area contributed by atoms with E-state index in [-0.39, 0.29) is 0 Å². The average molecular weight is 206 g/mol. The summed E-state index contributed by atoms with van der Waals surface area (Å²) in [4.78, 5) is 2.01. The van der Waals surface area contributed by atoms with Gasteiger partial charge >= 0.3 is 0 Å². The molecule has 1 aliphatic heterocycles. The molecule has 0 fully saturated rings. The Morgan fingerprint density at radius 2 is 2.07 bits per heavy atom. The van der Waals surface area contributed by atoms with Crippen molar-refractivity contribution in [1.29, 1.82) is 0 Å². The summed E-state index contributed by atoms with van der Waals surface area (Å²) in [5.74, 6) is 0. The minimum Gasteiger partial charge on any atom is -0.348 e. The Hall–Kier alpha value is -1.21. The Kier molecular flexibility index (Phi) is 2.12. The molecule has 0 atom stereocenters. The lowest BCUT2D eigenvalue weighted by Gasteiger charge is -2.31. The highest BCUT2D eigenvalue weighted by atomic mass is 35.5. The first-order valence-corrected chi connectivity index (χ1v) is 4.86. The smallest absolute Gasteiger partial charge is 0.0412 e. The molecule has 2 heteroatoms. The number of fused-ring (bicyclic) bond motifs is 1. The van der Waals surface area contributed by atoms with Crippen molar-refractivity contribution in [3.63, 3.8) is 0 Å². The molecular weight excluding hydrogens is 194 g/mol. The van der Waals surface area contributed by atoms with Crippen LogP contribution in [0.15, 0.2) is 37.1 Å². The van der Waals surface area contributed by atoms with Crippen LogP contribution in [0.3, 0.4) is 0 Å². The number of hydrogen-bond donors (Lipinski definition) is 0. The molecule has 0 spiro atoms. The van der Waals surface area contributed by atoms with Gasteiger partial charge in [-0.2, -0.15) is 0 Å². The number of halogens is 1. The van der Waals surface area contributed by atoms with Crippen molar-refractivity contribution in [1.82, 2.24) is 4.90 Å². The zero-order chi connectivity index (χ0) is 10.3. The van der Waals surface area contributed by atoms with Crippen LogP contribution in [0.1, 0.15) is 11.1 Å². The van der Waals surface area contributed by atoms with Crippen molar-refractivity contribution in [2.45, 2.75) is 6.42 Å². The van der Waals surface area contributed by atoms with Crippen LogP contribution >= 0.6 is 11.6 Å². The third kappa shape index (κ3) is 1.34. The molecule has 0 N–H and O–H groups in total. The highest BCUT2D eigenvalue weighted by Crippen LogP contribution is 2.32. The predicted octanol–water partition coefficient (Wildman–Crippen LogP) is 3.31. The number of likely N-dealkylation sites (N-methyl/N-ethyl adjacent to an activating group) is 1. The third-order valence-electron chi connectivity index (χ3n) is 2.66. The maximum Gasteiger partial charge on any atom is 0.0412 e. The normalized spacial score (nSPS) is 15.7. The predicted molar refractivity (Wildman–Crippen MR) is 61.1 cm³/mol. The average Bonchev–Trinajstić information content (AvgIpc) is 2.16. The molecule has 1 aliphatic rings. The number of rotatable bonds is 0. The zero-order valence-electron chi connectivity index (χ0n) is 8.18. The number of hydrogen-bond acceptors (Lipinski definition) is 1. The van der Waals surface area contributed by atoms with Gasteiger partial charge in [-0.15, -0.1) is 0 Å². The fourth-order valence-corrected chi connectivity index (χ4v) is 1.85. The first-order valence-electron chi connectivity index (χ1n) is 4.49. The first kappa shape index (κ1) is 9.35. The van der Waals surface area contributed by atoms with Gasteiger partial charge < -0.3 is 4.90 Å². The molecular formula is C12H12ClN. The Balaban J connectivity index is 2.57. The summed E-state index contributed by atoms with van der Waals surface area (Å²) in [6, 6.07) is 5.91. The second-order valence-corrected chi connectivity index (χ2v) is 3.99. The third-order valence-corrected chi connectivity index (χ3v) is 2.89. The molecule has 0 amide bonds. The monoisotopic (exact) mass is 205 g/mol. The quantitative estimate of drug-likeness (QED) is 0.628. The zero-order valence-corrected chi connectivity index (χ0v) is 8.93. The van der Waals surface area contributed by atoms with Crippen LogP contribution in [0, 0.1) is 0 Å². The molecule has 1 nitrogen and oxygen atoms in total. The van der Waals surface area contributed by atoms with Gasteiger partial charge in [0, 0.05) is 35.4 Å². The van der Waals surface area contributed by atoms with E-state index in [1.165, 1.54) is 5.56 Å². The fourth-order valence-electron chi connectivity index (χ4n) is 1.68. The topological polar surface area (TPSA) is 3.24 Å². The van der Waals surface area contributed by atoms with Gasteiger partial charge in [-0.05, 0) is 17.7 Å². The van der Waals surface area contributed by atoms with Crippen molar-refractivity contribution >= 4 is 17.3 Å². The Bertz CT molecular complexity index is 420. The van der Waals surface area contributed by atoms with E-state index in [0.717, 1.165) is 28.4 Å². The van der Waals surface area contributed by atoms with Gasteiger partial charge in [-0.1, -0.05) is 30.8 Å².